The third-order valence-electron chi connectivity index (χ3n) is 4.25. The van der Waals surface area contributed by atoms with Crippen molar-refractivity contribution >= 4 is 0 Å². The van der Waals surface area contributed by atoms with Crippen LogP contribution in [0.15, 0.2) is 16.5 Å². The molecule has 1 atom stereocenters. The molecule has 0 aromatic carbocycles. The zero-order valence-electron chi connectivity index (χ0n) is 10.7. The first-order valence-corrected chi connectivity index (χ1v) is 6.45. The van der Waals surface area contributed by atoms with E-state index in [-0.39, 0.29) is 0 Å². The van der Waals surface area contributed by atoms with Crippen LogP contribution in [0, 0.1) is 12.3 Å². The van der Waals surface area contributed by atoms with Crippen molar-refractivity contribution in [3.63, 3.8) is 0 Å². The maximum absolute atomic E-state index is 5.81. The van der Waals surface area contributed by atoms with Gasteiger partial charge in [-0.25, -0.2) is 0 Å². The zero-order valence-corrected chi connectivity index (χ0v) is 10.7. The molecule has 0 spiro atoms. The first kappa shape index (κ1) is 11.7. The standard InChI is InChI=1S/C14H23NO/c1-4-14(9-5-6-10-14)13(15-3)12-8-7-11(2)16-12/h7-8,13,15H,4-6,9-10H2,1-3H3. The molecule has 1 aromatic rings. The maximum atomic E-state index is 5.81. The highest BCUT2D eigenvalue weighted by Crippen LogP contribution is 2.50. The normalized spacial score (nSPS) is 21.2. The summed E-state index contributed by atoms with van der Waals surface area (Å²) >= 11 is 0. The van der Waals surface area contributed by atoms with E-state index in [4.69, 9.17) is 4.42 Å². The smallest absolute Gasteiger partial charge is 0.121 e. The van der Waals surface area contributed by atoms with Crippen LogP contribution in [0.5, 0.6) is 0 Å². The molecular formula is C14H23NO. The Morgan fingerprint density at radius 1 is 1.38 bits per heavy atom. The summed E-state index contributed by atoms with van der Waals surface area (Å²) in [7, 11) is 2.05. The van der Waals surface area contributed by atoms with Gasteiger partial charge in [0.2, 0.25) is 0 Å². The lowest BCUT2D eigenvalue weighted by atomic mass is 9.75. The van der Waals surface area contributed by atoms with E-state index in [0.29, 0.717) is 11.5 Å². The van der Waals surface area contributed by atoms with Crippen molar-refractivity contribution in [3.05, 3.63) is 23.7 Å². The fraction of sp³-hybridized carbons (Fsp3) is 0.714. The molecule has 1 unspecified atom stereocenters. The Morgan fingerprint density at radius 3 is 2.50 bits per heavy atom. The summed E-state index contributed by atoms with van der Waals surface area (Å²) in [5.74, 6) is 2.13. The molecule has 1 aliphatic rings. The van der Waals surface area contributed by atoms with Crippen LogP contribution in [0.25, 0.3) is 0 Å². The van der Waals surface area contributed by atoms with E-state index in [0.717, 1.165) is 11.5 Å². The molecule has 2 rings (SSSR count). The minimum atomic E-state index is 0.383. The highest BCUT2D eigenvalue weighted by atomic mass is 16.3. The SMILES string of the molecule is CCC1(C(NC)c2ccc(C)o2)CCCC1. The van der Waals surface area contributed by atoms with Crippen LogP contribution < -0.4 is 5.32 Å². The second-order valence-electron chi connectivity index (χ2n) is 5.09. The molecule has 2 nitrogen and oxygen atoms in total. The van der Waals surface area contributed by atoms with E-state index in [9.17, 15) is 0 Å². The molecule has 0 bridgehead atoms. The third-order valence-corrected chi connectivity index (χ3v) is 4.25. The van der Waals surface area contributed by atoms with Crippen LogP contribution in [0.4, 0.5) is 0 Å². The molecule has 1 fully saturated rings. The van der Waals surface area contributed by atoms with Crippen LogP contribution in [0.3, 0.4) is 0 Å². The molecule has 1 aromatic heterocycles. The van der Waals surface area contributed by atoms with Gasteiger partial charge in [-0.05, 0) is 50.8 Å². The predicted octanol–water partition coefficient (Wildman–Crippen LogP) is 3.82. The molecule has 1 aliphatic carbocycles. The van der Waals surface area contributed by atoms with Gasteiger partial charge in [0.15, 0.2) is 0 Å². The lowest BCUT2D eigenvalue weighted by Gasteiger charge is -2.35. The molecule has 0 amide bonds. The van der Waals surface area contributed by atoms with Crippen molar-refractivity contribution in [2.75, 3.05) is 7.05 Å². The van der Waals surface area contributed by atoms with E-state index < -0.39 is 0 Å². The Kier molecular flexibility index (Phi) is 3.38. The summed E-state index contributed by atoms with van der Waals surface area (Å²) in [5, 5.41) is 3.47. The molecule has 90 valence electrons. The van der Waals surface area contributed by atoms with Crippen molar-refractivity contribution in [3.8, 4) is 0 Å². The number of nitrogens with one attached hydrogen (secondary N) is 1. The molecule has 0 saturated heterocycles. The molecular weight excluding hydrogens is 198 g/mol. The molecule has 1 saturated carbocycles. The molecule has 0 aliphatic heterocycles. The van der Waals surface area contributed by atoms with E-state index in [1.165, 1.54) is 32.1 Å². The summed E-state index contributed by atoms with van der Waals surface area (Å²) in [6.45, 7) is 4.33. The molecule has 1 N–H and O–H groups in total. The van der Waals surface area contributed by atoms with Gasteiger partial charge in [-0.15, -0.1) is 0 Å². The Hall–Kier alpha value is -0.760. The van der Waals surface area contributed by atoms with Crippen molar-refractivity contribution in [1.82, 2.24) is 5.32 Å². The molecule has 1 heterocycles. The van der Waals surface area contributed by atoms with Gasteiger partial charge in [-0.2, -0.15) is 0 Å². The van der Waals surface area contributed by atoms with Crippen molar-refractivity contribution < 1.29 is 4.42 Å². The van der Waals surface area contributed by atoms with Gasteiger partial charge in [-0.3, -0.25) is 0 Å². The number of rotatable bonds is 4. The first-order valence-electron chi connectivity index (χ1n) is 6.45. The van der Waals surface area contributed by atoms with Gasteiger partial charge in [0.05, 0.1) is 6.04 Å². The van der Waals surface area contributed by atoms with Crippen LogP contribution >= 0.6 is 0 Å². The van der Waals surface area contributed by atoms with Crippen molar-refractivity contribution in [1.29, 1.82) is 0 Å². The highest BCUT2D eigenvalue weighted by Gasteiger charge is 2.41. The topological polar surface area (TPSA) is 25.2 Å². The number of aryl methyl sites for hydroxylation is 1. The van der Waals surface area contributed by atoms with Gasteiger partial charge in [0, 0.05) is 0 Å². The quantitative estimate of drug-likeness (QED) is 0.836. The van der Waals surface area contributed by atoms with Crippen LogP contribution in [0.2, 0.25) is 0 Å². The highest BCUT2D eigenvalue weighted by molar-refractivity contribution is 5.14. The minimum Gasteiger partial charge on any atom is -0.465 e. The van der Waals surface area contributed by atoms with Crippen molar-refractivity contribution in [2.45, 2.75) is 52.0 Å². The van der Waals surface area contributed by atoms with Crippen LogP contribution in [0.1, 0.15) is 56.6 Å². The zero-order chi connectivity index (χ0) is 11.6. The molecule has 16 heavy (non-hydrogen) atoms. The summed E-state index contributed by atoms with van der Waals surface area (Å²) in [6.07, 6.45) is 6.62. The van der Waals surface area contributed by atoms with E-state index in [1.54, 1.807) is 0 Å². The first-order chi connectivity index (χ1) is 7.72. The van der Waals surface area contributed by atoms with Gasteiger partial charge in [0.25, 0.3) is 0 Å². The largest absolute Gasteiger partial charge is 0.465 e. The number of hydrogen-bond donors (Lipinski definition) is 1. The predicted molar refractivity (Wildman–Crippen MR) is 66.4 cm³/mol. The number of furan rings is 1. The van der Waals surface area contributed by atoms with Gasteiger partial charge < -0.3 is 9.73 Å². The Morgan fingerprint density at radius 2 is 2.06 bits per heavy atom. The van der Waals surface area contributed by atoms with E-state index in [1.807, 2.05) is 6.92 Å². The Balaban J connectivity index is 2.27. The summed E-state index contributed by atoms with van der Waals surface area (Å²) in [6, 6.07) is 4.58. The second kappa shape index (κ2) is 4.62. The second-order valence-corrected chi connectivity index (χ2v) is 5.09. The summed E-state index contributed by atoms with van der Waals surface area (Å²) < 4.78 is 5.81. The fourth-order valence-corrected chi connectivity index (χ4v) is 3.28. The average Bonchev–Trinajstić information content (AvgIpc) is 2.90. The van der Waals surface area contributed by atoms with E-state index >= 15 is 0 Å². The summed E-state index contributed by atoms with van der Waals surface area (Å²) in [4.78, 5) is 0. The lowest BCUT2D eigenvalue weighted by Crippen LogP contribution is -2.33. The number of hydrogen-bond acceptors (Lipinski definition) is 2. The minimum absolute atomic E-state index is 0.383. The average molecular weight is 221 g/mol. The van der Waals surface area contributed by atoms with Gasteiger partial charge >= 0.3 is 0 Å². The summed E-state index contributed by atoms with van der Waals surface area (Å²) in [5.41, 5.74) is 0.416. The van der Waals surface area contributed by atoms with Gasteiger partial charge in [0.1, 0.15) is 11.5 Å². The maximum Gasteiger partial charge on any atom is 0.121 e. The Bertz CT molecular complexity index is 336. The van der Waals surface area contributed by atoms with Gasteiger partial charge in [-0.1, -0.05) is 19.8 Å². The Labute approximate surface area is 98.4 Å². The lowest BCUT2D eigenvalue weighted by molar-refractivity contribution is 0.172. The van der Waals surface area contributed by atoms with E-state index in [2.05, 4.69) is 31.4 Å². The van der Waals surface area contributed by atoms with Crippen LogP contribution in [-0.2, 0) is 0 Å². The fourth-order valence-electron chi connectivity index (χ4n) is 3.28. The third kappa shape index (κ3) is 1.91. The monoisotopic (exact) mass is 221 g/mol. The molecule has 2 heteroatoms. The van der Waals surface area contributed by atoms with Crippen LogP contribution in [-0.4, -0.2) is 7.05 Å². The van der Waals surface area contributed by atoms with Crippen molar-refractivity contribution in [2.24, 2.45) is 5.41 Å². The molecule has 0 radical (unpaired) electrons.